The van der Waals surface area contributed by atoms with Gasteiger partial charge in [0.05, 0.1) is 32.1 Å². The van der Waals surface area contributed by atoms with Crippen molar-refractivity contribution in [2.45, 2.75) is 11.4 Å². The molecule has 2 aromatic carbocycles. The van der Waals surface area contributed by atoms with Gasteiger partial charge in [-0.3, -0.25) is 0 Å². The normalized spacial score (nSPS) is 11.6. The number of anilines is 2. The van der Waals surface area contributed by atoms with Gasteiger partial charge in [-0.15, -0.1) is 0 Å². The fourth-order valence-electron chi connectivity index (χ4n) is 2.87. The summed E-state index contributed by atoms with van der Waals surface area (Å²) in [4.78, 5) is -0.718. The average molecular weight is 577 g/mol. The molecular formula is C19H21FIN5O5S. The number of nitrogens with two attached hydrogens (primary N) is 1. The number of aromatic nitrogens is 3. The van der Waals surface area contributed by atoms with E-state index in [2.05, 4.69) is 38.2 Å². The van der Waals surface area contributed by atoms with Crippen molar-refractivity contribution in [1.82, 2.24) is 15.0 Å². The number of halogens is 2. The summed E-state index contributed by atoms with van der Waals surface area (Å²) >= 11 is 2.15. The van der Waals surface area contributed by atoms with Crippen LogP contribution in [0, 0.1) is 9.39 Å². The Kier molecular flexibility index (Phi) is 8.00. The summed E-state index contributed by atoms with van der Waals surface area (Å²) in [5, 5.41) is 26.1. The molecule has 0 radical (unpaired) electrons. The zero-order chi connectivity index (χ0) is 23.3. The molecule has 3 rings (SSSR count). The number of benzene rings is 2. The molecule has 172 valence electrons. The van der Waals surface area contributed by atoms with Crippen LogP contribution in [0.25, 0.3) is 11.3 Å². The standard InChI is InChI=1S/C19H21FIN5O5S/c1-30-8-9-31-7-6-26-18(19(27)24-25-26)14-10-17(32(22,28)29)15(20)11-16(14)23-13-4-2-12(21)3-5-13/h2-5,10-11,23,27H,6-9H2,1H3,(H2,22,28,29). The lowest BCUT2D eigenvalue weighted by atomic mass is 10.1. The van der Waals surface area contributed by atoms with Crippen LogP contribution in [-0.2, 0) is 26.0 Å². The Morgan fingerprint density at radius 1 is 1.22 bits per heavy atom. The Hall–Kier alpha value is -2.33. The second kappa shape index (κ2) is 10.5. The van der Waals surface area contributed by atoms with E-state index < -0.39 is 26.6 Å². The predicted octanol–water partition coefficient (Wildman–Crippen LogP) is 2.45. The zero-order valence-electron chi connectivity index (χ0n) is 17.0. The molecular weight excluding hydrogens is 556 g/mol. The summed E-state index contributed by atoms with van der Waals surface area (Å²) in [6.45, 7) is 1.19. The number of sulfonamides is 1. The fourth-order valence-corrected chi connectivity index (χ4v) is 3.85. The van der Waals surface area contributed by atoms with Crippen LogP contribution in [0.2, 0.25) is 0 Å². The molecule has 0 unspecified atom stereocenters. The topological polar surface area (TPSA) is 142 Å². The highest BCUT2D eigenvalue weighted by atomic mass is 127. The first-order valence-electron chi connectivity index (χ1n) is 9.29. The van der Waals surface area contributed by atoms with Crippen LogP contribution in [0.4, 0.5) is 15.8 Å². The molecule has 0 fully saturated rings. The maximum absolute atomic E-state index is 14.6. The molecule has 0 aliphatic heterocycles. The molecule has 4 N–H and O–H groups in total. The van der Waals surface area contributed by atoms with Gasteiger partial charge in [-0.25, -0.2) is 22.6 Å². The molecule has 13 heteroatoms. The minimum Gasteiger partial charge on any atom is -0.491 e. The zero-order valence-corrected chi connectivity index (χ0v) is 19.9. The van der Waals surface area contributed by atoms with E-state index in [4.69, 9.17) is 14.6 Å². The fraction of sp³-hybridized carbons (Fsp3) is 0.263. The summed E-state index contributed by atoms with van der Waals surface area (Å²) in [6, 6.07) is 9.28. The number of hydrogen-bond donors (Lipinski definition) is 3. The predicted molar refractivity (Wildman–Crippen MR) is 124 cm³/mol. The summed E-state index contributed by atoms with van der Waals surface area (Å²) < 4.78 is 51.1. The Labute approximate surface area is 197 Å². The maximum Gasteiger partial charge on any atom is 0.259 e. The number of primary sulfonamides is 1. The highest BCUT2D eigenvalue weighted by Gasteiger charge is 2.24. The van der Waals surface area contributed by atoms with Crippen molar-refractivity contribution < 1.29 is 27.4 Å². The molecule has 0 atom stereocenters. The summed E-state index contributed by atoms with van der Waals surface area (Å²) in [5.41, 5.74) is 1.04. The molecule has 0 spiro atoms. The van der Waals surface area contributed by atoms with E-state index in [9.17, 15) is 17.9 Å². The van der Waals surface area contributed by atoms with Gasteiger partial charge in [-0.2, -0.15) is 0 Å². The van der Waals surface area contributed by atoms with Crippen LogP contribution in [0.1, 0.15) is 0 Å². The number of nitrogens with zero attached hydrogens (tertiary/aromatic N) is 3. The van der Waals surface area contributed by atoms with Gasteiger partial charge in [0, 0.05) is 21.9 Å². The minimum absolute atomic E-state index is 0.0817. The van der Waals surface area contributed by atoms with Crippen molar-refractivity contribution in [3.63, 3.8) is 0 Å². The van der Waals surface area contributed by atoms with Gasteiger partial charge in [0.2, 0.25) is 10.0 Å². The third kappa shape index (κ3) is 5.92. The molecule has 0 aliphatic rings. The molecule has 0 saturated carbocycles. The largest absolute Gasteiger partial charge is 0.491 e. The van der Waals surface area contributed by atoms with Crippen molar-refractivity contribution in [3.8, 4) is 17.1 Å². The Balaban J connectivity index is 2.05. The quantitative estimate of drug-likeness (QED) is 0.247. The third-order valence-electron chi connectivity index (χ3n) is 4.35. The van der Waals surface area contributed by atoms with Gasteiger partial charge in [0.1, 0.15) is 16.4 Å². The molecule has 0 aliphatic carbocycles. The second-order valence-corrected chi connectivity index (χ2v) is 9.37. The van der Waals surface area contributed by atoms with Gasteiger partial charge in [0.15, 0.2) is 0 Å². The number of rotatable bonds is 10. The lowest BCUT2D eigenvalue weighted by Crippen LogP contribution is -2.15. The van der Waals surface area contributed by atoms with Crippen LogP contribution in [-0.4, -0.2) is 55.4 Å². The van der Waals surface area contributed by atoms with E-state index in [1.807, 2.05) is 12.1 Å². The van der Waals surface area contributed by atoms with Gasteiger partial charge in [-0.05, 0) is 59.0 Å². The number of ether oxygens (including phenoxy) is 2. The molecule has 10 nitrogen and oxygen atoms in total. The van der Waals surface area contributed by atoms with E-state index in [1.165, 1.54) is 4.68 Å². The van der Waals surface area contributed by atoms with E-state index in [0.29, 0.717) is 18.9 Å². The van der Waals surface area contributed by atoms with Crippen molar-refractivity contribution in [2.24, 2.45) is 5.14 Å². The van der Waals surface area contributed by atoms with Crippen LogP contribution in [0.3, 0.4) is 0 Å². The van der Waals surface area contributed by atoms with Crippen LogP contribution in [0.5, 0.6) is 5.88 Å². The van der Waals surface area contributed by atoms with Gasteiger partial charge in [-0.1, -0.05) is 10.3 Å². The van der Waals surface area contributed by atoms with Crippen molar-refractivity contribution in [1.29, 1.82) is 0 Å². The molecule has 1 heterocycles. The molecule has 0 saturated heterocycles. The lowest BCUT2D eigenvalue weighted by Gasteiger charge is -2.15. The molecule has 32 heavy (non-hydrogen) atoms. The first kappa shape index (κ1) is 24.3. The Morgan fingerprint density at radius 2 is 1.94 bits per heavy atom. The Bertz CT molecular complexity index is 1190. The van der Waals surface area contributed by atoms with Gasteiger partial charge in [0.25, 0.3) is 5.88 Å². The van der Waals surface area contributed by atoms with Gasteiger partial charge >= 0.3 is 0 Å². The number of nitrogens with one attached hydrogen (secondary N) is 1. The molecule has 0 amide bonds. The monoisotopic (exact) mass is 577 g/mol. The van der Waals surface area contributed by atoms with Crippen molar-refractivity contribution >= 4 is 44.0 Å². The van der Waals surface area contributed by atoms with Gasteiger partial charge < -0.3 is 19.9 Å². The highest BCUT2D eigenvalue weighted by Crippen LogP contribution is 2.37. The third-order valence-corrected chi connectivity index (χ3v) is 6.00. The number of methoxy groups -OCH3 is 1. The molecule has 1 aromatic heterocycles. The van der Waals surface area contributed by atoms with Crippen molar-refractivity contribution in [3.05, 3.63) is 45.8 Å². The van der Waals surface area contributed by atoms with Crippen LogP contribution in [0.15, 0.2) is 41.3 Å². The number of aromatic hydroxyl groups is 1. The minimum atomic E-state index is -4.37. The van der Waals surface area contributed by atoms with Crippen LogP contribution < -0.4 is 10.5 Å². The van der Waals surface area contributed by atoms with Crippen molar-refractivity contribution in [2.75, 3.05) is 32.2 Å². The molecule has 3 aromatic rings. The Morgan fingerprint density at radius 3 is 2.59 bits per heavy atom. The smallest absolute Gasteiger partial charge is 0.259 e. The number of hydrogen-bond acceptors (Lipinski definition) is 8. The first-order valence-corrected chi connectivity index (χ1v) is 11.9. The lowest BCUT2D eigenvalue weighted by molar-refractivity contribution is 0.0654. The van der Waals surface area contributed by atoms with E-state index in [-0.39, 0.29) is 30.1 Å². The average Bonchev–Trinajstić information content (AvgIpc) is 3.09. The SMILES string of the molecule is COCCOCCn1nnc(O)c1-c1cc(S(N)(=O)=O)c(F)cc1Nc1ccc(I)cc1. The highest BCUT2D eigenvalue weighted by molar-refractivity contribution is 14.1. The van der Waals surface area contributed by atoms with E-state index >= 15 is 0 Å². The second-order valence-electron chi connectivity index (χ2n) is 6.60. The molecule has 0 bridgehead atoms. The van der Waals surface area contributed by atoms with E-state index in [1.54, 1.807) is 19.2 Å². The summed E-state index contributed by atoms with van der Waals surface area (Å²) in [5.74, 6) is -1.50. The maximum atomic E-state index is 14.6. The first-order chi connectivity index (χ1) is 15.2. The summed E-state index contributed by atoms with van der Waals surface area (Å²) in [7, 11) is -2.82. The van der Waals surface area contributed by atoms with Crippen LogP contribution >= 0.6 is 22.6 Å². The summed E-state index contributed by atoms with van der Waals surface area (Å²) in [6.07, 6.45) is 0. The van der Waals surface area contributed by atoms with E-state index in [0.717, 1.165) is 15.7 Å².